The summed E-state index contributed by atoms with van der Waals surface area (Å²) in [7, 11) is 1.41. The molecule has 32 heavy (non-hydrogen) atoms. The van der Waals surface area contributed by atoms with Crippen LogP contribution in [0.3, 0.4) is 0 Å². The van der Waals surface area contributed by atoms with Gasteiger partial charge in [0.05, 0.1) is 18.7 Å². The van der Waals surface area contributed by atoms with Crippen LogP contribution < -0.4 is 10.1 Å². The third-order valence-corrected chi connectivity index (χ3v) is 6.32. The van der Waals surface area contributed by atoms with Crippen LogP contribution in [-0.4, -0.2) is 41.9 Å². The lowest BCUT2D eigenvalue weighted by Gasteiger charge is -2.32. The Labute approximate surface area is 190 Å². The molecule has 0 bridgehead atoms. The van der Waals surface area contributed by atoms with Crippen molar-refractivity contribution in [3.8, 4) is 17.0 Å². The molecule has 1 aliphatic heterocycles. The summed E-state index contributed by atoms with van der Waals surface area (Å²) in [5, 5.41) is 5.07. The van der Waals surface area contributed by atoms with E-state index in [1.807, 2.05) is 31.2 Å². The number of amides is 2. The van der Waals surface area contributed by atoms with E-state index >= 15 is 0 Å². The molecule has 0 aliphatic carbocycles. The number of aryl methyl sites for hydroxylation is 1. The summed E-state index contributed by atoms with van der Waals surface area (Å²) < 4.78 is 18.9. The van der Waals surface area contributed by atoms with E-state index in [2.05, 4.69) is 10.3 Å². The topological polar surface area (TPSA) is 71.5 Å². The van der Waals surface area contributed by atoms with Crippen LogP contribution >= 0.6 is 11.3 Å². The molecule has 1 atom stereocenters. The number of ether oxygens (including phenoxy) is 1. The molecule has 1 N–H and O–H groups in total. The number of hydrogen-bond donors (Lipinski definition) is 1. The molecule has 4 rings (SSSR count). The van der Waals surface area contributed by atoms with Crippen LogP contribution in [0.2, 0.25) is 0 Å². The number of likely N-dealkylation sites (tertiary alicyclic amines) is 1. The molecule has 6 nitrogen and oxygen atoms in total. The van der Waals surface area contributed by atoms with Crippen LogP contribution in [0.25, 0.3) is 11.3 Å². The molecule has 1 unspecified atom stereocenters. The molecule has 1 aliphatic rings. The zero-order valence-corrected chi connectivity index (χ0v) is 18.7. The Balaban J connectivity index is 1.40. The molecule has 0 saturated carbocycles. The fourth-order valence-corrected chi connectivity index (χ4v) is 4.47. The molecule has 1 fully saturated rings. The van der Waals surface area contributed by atoms with E-state index in [0.717, 1.165) is 12.0 Å². The van der Waals surface area contributed by atoms with Gasteiger partial charge in [0.2, 0.25) is 5.91 Å². The summed E-state index contributed by atoms with van der Waals surface area (Å²) >= 11 is 1.28. The highest BCUT2D eigenvalue weighted by Gasteiger charge is 2.29. The van der Waals surface area contributed by atoms with Gasteiger partial charge in [-0.1, -0.05) is 17.7 Å². The fraction of sp³-hybridized carbons (Fsp3) is 0.292. The maximum absolute atomic E-state index is 14.0. The van der Waals surface area contributed by atoms with E-state index in [1.54, 1.807) is 22.4 Å². The fourth-order valence-electron chi connectivity index (χ4n) is 3.75. The minimum absolute atomic E-state index is 0.0550. The minimum Gasteiger partial charge on any atom is -0.494 e. The highest BCUT2D eigenvalue weighted by atomic mass is 32.1. The maximum Gasteiger partial charge on any atom is 0.253 e. The molecule has 1 saturated heterocycles. The van der Waals surface area contributed by atoms with Crippen molar-refractivity contribution in [2.24, 2.45) is 5.92 Å². The van der Waals surface area contributed by atoms with Gasteiger partial charge in [0.1, 0.15) is 0 Å². The third-order valence-electron chi connectivity index (χ3n) is 5.56. The van der Waals surface area contributed by atoms with Gasteiger partial charge in [0.15, 0.2) is 16.7 Å². The Kier molecular flexibility index (Phi) is 6.50. The first-order valence-electron chi connectivity index (χ1n) is 10.4. The number of anilines is 1. The first kappa shape index (κ1) is 22.0. The summed E-state index contributed by atoms with van der Waals surface area (Å²) in [6, 6.07) is 12.1. The van der Waals surface area contributed by atoms with E-state index in [1.165, 1.54) is 24.5 Å². The van der Waals surface area contributed by atoms with E-state index in [0.29, 0.717) is 41.5 Å². The van der Waals surface area contributed by atoms with Gasteiger partial charge in [-0.2, -0.15) is 0 Å². The molecule has 3 aromatic rings. The van der Waals surface area contributed by atoms with Gasteiger partial charge in [-0.15, -0.1) is 11.3 Å². The summed E-state index contributed by atoms with van der Waals surface area (Å²) in [4.78, 5) is 31.8. The van der Waals surface area contributed by atoms with Crippen LogP contribution in [0.1, 0.15) is 28.8 Å². The zero-order valence-electron chi connectivity index (χ0n) is 17.9. The van der Waals surface area contributed by atoms with Gasteiger partial charge in [-0.05, 0) is 50.1 Å². The summed E-state index contributed by atoms with van der Waals surface area (Å²) in [5.74, 6) is -0.818. The number of halogens is 1. The molecular weight excluding hydrogens is 429 g/mol. The SMILES string of the molecule is COc1ccc(-c2csc(NC(=O)C3CCCN(C(=O)c4ccc(C)cc4)C3)n2)cc1F. The van der Waals surface area contributed by atoms with E-state index in [-0.39, 0.29) is 23.5 Å². The monoisotopic (exact) mass is 453 g/mol. The van der Waals surface area contributed by atoms with E-state index in [4.69, 9.17) is 4.74 Å². The Morgan fingerprint density at radius 2 is 2.00 bits per heavy atom. The van der Waals surface area contributed by atoms with Crippen molar-refractivity contribution in [3.05, 3.63) is 64.8 Å². The number of hydrogen-bond acceptors (Lipinski definition) is 5. The average Bonchev–Trinajstić information content (AvgIpc) is 3.27. The molecule has 1 aromatic heterocycles. The van der Waals surface area contributed by atoms with Gasteiger partial charge in [-0.3, -0.25) is 9.59 Å². The Morgan fingerprint density at radius 3 is 2.72 bits per heavy atom. The largest absolute Gasteiger partial charge is 0.494 e. The number of aromatic nitrogens is 1. The summed E-state index contributed by atoms with van der Waals surface area (Å²) in [6.45, 7) is 2.99. The Morgan fingerprint density at radius 1 is 1.22 bits per heavy atom. The molecular formula is C24H24FN3O3S. The lowest BCUT2D eigenvalue weighted by Crippen LogP contribution is -2.43. The summed E-state index contributed by atoms with van der Waals surface area (Å²) in [6.07, 6.45) is 1.48. The average molecular weight is 454 g/mol. The normalized spacial score (nSPS) is 16.0. The highest BCUT2D eigenvalue weighted by molar-refractivity contribution is 7.14. The van der Waals surface area contributed by atoms with Crippen LogP contribution in [0.4, 0.5) is 9.52 Å². The van der Waals surface area contributed by atoms with Crippen LogP contribution in [0, 0.1) is 18.7 Å². The molecule has 8 heteroatoms. The molecule has 2 amide bonds. The second-order valence-electron chi connectivity index (χ2n) is 7.83. The Bertz CT molecular complexity index is 1130. The number of piperidine rings is 1. The van der Waals surface area contributed by atoms with E-state index in [9.17, 15) is 14.0 Å². The van der Waals surface area contributed by atoms with Crippen molar-refractivity contribution in [2.45, 2.75) is 19.8 Å². The second kappa shape index (κ2) is 9.48. The van der Waals surface area contributed by atoms with Crippen LogP contribution in [0.5, 0.6) is 5.75 Å². The van der Waals surface area contributed by atoms with Crippen molar-refractivity contribution in [1.82, 2.24) is 9.88 Å². The number of carbonyl (C=O) groups excluding carboxylic acids is 2. The van der Waals surface area contributed by atoms with Crippen molar-refractivity contribution >= 4 is 28.3 Å². The molecule has 166 valence electrons. The molecule has 2 heterocycles. The first-order valence-corrected chi connectivity index (χ1v) is 11.3. The number of benzene rings is 2. The lowest BCUT2D eigenvalue weighted by atomic mass is 9.96. The van der Waals surface area contributed by atoms with Crippen molar-refractivity contribution in [2.75, 3.05) is 25.5 Å². The number of carbonyl (C=O) groups is 2. The lowest BCUT2D eigenvalue weighted by molar-refractivity contribution is -0.121. The third kappa shape index (κ3) is 4.80. The Hall–Kier alpha value is -3.26. The van der Waals surface area contributed by atoms with Crippen molar-refractivity contribution in [1.29, 1.82) is 0 Å². The minimum atomic E-state index is -0.468. The number of rotatable bonds is 5. The molecule has 0 spiro atoms. The smallest absolute Gasteiger partial charge is 0.253 e. The van der Waals surface area contributed by atoms with Crippen molar-refractivity contribution < 1.29 is 18.7 Å². The highest BCUT2D eigenvalue weighted by Crippen LogP contribution is 2.29. The predicted molar refractivity (Wildman–Crippen MR) is 122 cm³/mol. The van der Waals surface area contributed by atoms with Gasteiger partial charge in [-0.25, -0.2) is 9.37 Å². The van der Waals surface area contributed by atoms with Gasteiger partial charge < -0.3 is 15.0 Å². The maximum atomic E-state index is 14.0. The second-order valence-corrected chi connectivity index (χ2v) is 8.69. The number of methoxy groups -OCH3 is 1. The first-order chi connectivity index (χ1) is 15.4. The molecule has 2 aromatic carbocycles. The van der Waals surface area contributed by atoms with Gasteiger partial charge >= 0.3 is 0 Å². The van der Waals surface area contributed by atoms with Crippen LogP contribution in [-0.2, 0) is 4.79 Å². The van der Waals surface area contributed by atoms with Gasteiger partial charge in [0.25, 0.3) is 5.91 Å². The quantitative estimate of drug-likeness (QED) is 0.605. The van der Waals surface area contributed by atoms with Crippen LogP contribution in [0.15, 0.2) is 47.8 Å². The van der Waals surface area contributed by atoms with Crippen molar-refractivity contribution in [3.63, 3.8) is 0 Å². The van der Waals surface area contributed by atoms with Gasteiger partial charge in [0, 0.05) is 29.6 Å². The number of nitrogens with zero attached hydrogens (tertiary/aromatic N) is 2. The standard InChI is InChI=1S/C24H24FN3O3S/c1-15-5-7-16(8-6-15)23(30)28-11-3-4-18(13-28)22(29)27-24-26-20(14-32-24)17-9-10-21(31-2)19(25)12-17/h5-10,12,14,18H,3-4,11,13H2,1-2H3,(H,26,27,29). The van der Waals surface area contributed by atoms with E-state index < -0.39 is 5.82 Å². The number of thiazole rings is 1. The summed E-state index contributed by atoms with van der Waals surface area (Å²) in [5.41, 5.74) is 2.91. The molecule has 0 radical (unpaired) electrons. The number of nitrogens with one attached hydrogen (secondary N) is 1. The predicted octanol–water partition coefficient (Wildman–Crippen LogP) is 4.76. The zero-order chi connectivity index (χ0) is 22.7.